The highest BCUT2D eigenvalue weighted by Crippen LogP contribution is 2.15. The van der Waals surface area contributed by atoms with Crippen LogP contribution in [-0.2, 0) is 6.54 Å². The van der Waals surface area contributed by atoms with E-state index in [4.69, 9.17) is 16.6 Å². The Kier molecular flexibility index (Phi) is 3.80. The van der Waals surface area contributed by atoms with Crippen LogP contribution in [0.1, 0.15) is 26.5 Å². The molecule has 3 nitrogen and oxygen atoms in total. The van der Waals surface area contributed by atoms with Crippen molar-refractivity contribution in [3.05, 3.63) is 24.2 Å². The Morgan fingerprint density at radius 3 is 2.88 bits per heavy atom. The van der Waals surface area contributed by atoms with Crippen molar-refractivity contribution in [2.75, 3.05) is 12.5 Å². The minimum absolute atomic E-state index is 0.254. The largest absolute Gasteiger partial charge is 0.467 e. The highest BCUT2D eigenvalue weighted by Gasteiger charge is 2.33. The predicted molar refractivity (Wildman–Crippen MR) is 74.9 cm³/mol. The van der Waals surface area contributed by atoms with Gasteiger partial charge in [0.25, 0.3) is 0 Å². The molecule has 1 aromatic heterocycles. The van der Waals surface area contributed by atoms with Crippen molar-refractivity contribution < 1.29 is 9.32 Å². The first-order chi connectivity index (χ1) is 7.97. The minimum Gasteiger partial charge on any atom is -0.467 e. The number of quaternary nitrogens is 1. The minimum atomic E-state index is 0.254. The molecule has 1 N–H and O–H groups in total. The number of nitrogens with one attached hydrogen (secondary N) is 1. The topological polar surface area (TPSA) is 20.8 Å². The molecule has 5 heteroatoms. The van der Waals surface area contributed by atoms with Gasteiger partial charge in [-0.3, -0.25) is 0 Å². The van der Waals surface area contributed by atoms with Crippen LogP contribution in [0.3, 0.4) is 0 Å². The van der Waals surface area contributed by atoms with Gasteiger partial charge in [-0.15, -0.1) is 0 Å². The molecule has 2 rings (SSSR count). The molecule has 0 aliphatic carbocycles. The maximum Gasteiger partial charge on any atom is 0.155 e. The van der Waals surface area contributed by atoms with Crippen molar-refractivity contribution >= 4 is 28.3 Å². The second-order valence-corrected chi connectivity index (χ2v) is 6.95. The predicted octanol–water partition coefficient (Wildman–Crippen LogP) is 1.71. The Labute approximate surface area is 112 Å². The normalized spacial score (nSPS) is 21.9. The van der Waals surface area contributed by atoms with E-state index in [-0.39, 0.29) is 5.54 Å². The lowest BCUT2D eigenvalue weighted by molar-refractivity contribution is -0.943. The Morgan fingerprint density at radius 2 is 2.29 bits per heavy atom. The third-order valence-corrected chi connectivity index (χ3v) is 4.61. The summed E-state index contributed by atoms with van der Waals surface area (Å²) in [4.78, 5) is 3.77. The van der Waals surface area contributed by atoms with E-state index in [1.807, 2.05) is 12.1 Å². The van der Waals surface area contributed by atoms with Gasteiger partial charge in [-0.1, -0.05) is 12.2 Å². The van der Waals surface area contributed by atoms with Crippen LogP contribution in [0.2, 0.25) is 0 Å². The van der Waals surface area contributed by atoms with Gasteiger partial charge in [0.15, 0.2) is 6.67 Å². The summed E-state index contributed by atoms with van der Waals surface area (Å²) in [5.41, 5.74) is 0.254. The fraction of sp³-hybridized carbons (Fsp3) is 0.583. The molecule has 1 aromatic rings. The number of thioether (sulfide) groups is 1. The van der Waals surface area contributed by atoms with Crippen molar-refractivity contribution in [2.24, 2.45) is 0 Å². The van der Waals surface area contributed by atoms with Gasteiger partial charge in [0.2, 0.25) is 0 Å². The lowest BCUT2D eigenvalue weighted by atomic mass is 10.1. The summed E-state index contributed by atoms with van der Waals surface area (Å²) in [5, 5.41) is 0. The van der Waals surface area contributed by atoms with E-state index in [1.54, 1.807) is 22.9 Å². The van der Waals surface area contributed by atoms with Gasteiger partial charge in [0, 0.05) is 0 Å². The molecule has 1 aliphatic heterocycles. The molecule has 0 saturated carbocycles. The van der Waals surface area contributed by atoms with Crippen molar-refractivity contribution in [1.82, 2.24) is 4.90 Å². The summed E-state index contributed by atoms with van der Waals surface area (Å²) in [6.45, 7) is 8.53. The molecule has 2 heterocycles. The third kappa shape index (κ3) is 3.24. The van der Waals surface area contributed by atoms with Crippen LogP contribution in [0.4, 0.5) is 0 Å². The van der Waals surface area contributed by atoms with Crippen LogP contribution in [0, 0.1) is 0 Å². The van der Waals surface area contributed by atoms with Gasteiger partial charge >= 0.3 is 0 Å². The van der Waals surface area contributed by atoms with E-state index < -0.39 is 0 Å². The zero-order valence-electron chi connectivity index (χ0n) is 10.5. The lowest BCUT2D eigenvalue weighted by Crippen LogP contribution is -3.20. The lowest BCUT2D eigenvalue weighted by Gasteiger charge is -2.40. The zero-order chi connectivity index (χ0) is 12.5. The van der Waals surface area contributed by atoms with Gasteiger partial charge in [-0.25, -0.2) is 0 Å². The number of rotatable bonds is 2. The SMILES string of the molecule is CC(C)(C)[NH+]1CSC(=S)N(Cc2ccco2)C1. The Bertz CT molecular complexity index is 384. The van der Waals surface area contributed by atoms with Crippen molar-refractivity contribution in [2.45, 2.75) is 32.9 Å². The zero-order valence-corrected chi connectivity index (χ0v) is 12.2. The van der Waals surface area contributed by atoms with Crippen molar-refractivity contribution in [3.63, 3.8) is 0 Å². The summed E-state index contributed by atoms with van der Waals surface area (Å²) in [6.07, 6.45) is 1.71. The van der Waals surface area contributed by atoms with Crippen LogP contribution in [0.25, 0.3) is 0 Å². The molecule has 1 atom stereocenters. The molecule has 17 heavy (non-hydrogen) atoms. The average molecular weight is 271 g/mol. The Morgan fingerprint density at radius 1 is 1.53 bits per heavy atom. The quantitative estimate of drug-likeness (QED) is 0.826. The second kappa shape index (κ2) is 5.00. The molecule has 0 radical (unpaired) electrons. The van der Waals surface area contributed by atoms with E-state index in [2.05, 4.69) is 25.7 Å². The van der Waals surface area contributed by atoms with Crippen molar-refractivity contribution in [3.8, 4) is 0 Å². The van der Waals surface area contributed by atoms with E-state index in [0.717, 1.165) is 29.2 Å². The van der Waals surface area contributed by atoms with E-state index in [9.17, 15) is 0 Å². The van der Waals surface area contributed by atoms with Crippen LogP contribution in [0.5, 0.6) is 0 Å². The number of thiocarbonyl (C=S) groups is 1. The van der Waals surface area contributed by atoms with Crippen molar-refractivity contribution in [1.29, 1.82) is 0 Å². The van der Waals surface area contributed by atoms with E-state index in [0.29, 0.717) is 0 Å². The van der Waals surface area contributed by atoms with E-state index in [1.165, 1.54) is 0 Å². The van der Waals surface area contributed by atoms with Crippen LogP contribution >= 0.6 is 24.0 Å². The number of furan rings is 1. The monoisotopic (exact) mass is 271 g/mol. The number of hydrogen-bond acceptors (Lipinski definition) is 3. The first-order valence-electron chi connectivity index (χ1n) is 5.76. The fourth-order valence-corrected chi connectivity index (χ4v) is 3.19. The van der Waals surface area contributed by atoms with Crippen LogP contribution in [0.15, 0.2) is 22.8 Å². The highest BCUT2D eigenvalue weighted by molar-refractivity contribution is 8.22. The number of nitrogens with zero attached hydrogens (tertiary/aromatic N) is 1. The molecule has 1 aliphatic rings. The maximum absolute atomic E-state index is 5.41. The molecule has 1 saturated heterocycles. The molecule has 0 spiro atoms. The average Bonchev–Trinajstić information content (AvgIpc) is 2.72. The Hall–Kier alpha value is -0.520. The summed E-state index contributed by atoms with van der Waals surface area (Å²) in [7, 11) is 0. The first kappa shape index (κ1) is 12.9. The van der Waals surface area contributed by atoms with Gasteiger partial charge < -0.3 is 14.2 Å². The summed E-state index contributed by atoms with van der Waals surface area (Å²) < 4.78 is 6.37. The van der Waals surface area contributed by atoms with Gasteiger partial charge in [-0.2, -0.15) is 0 Å². The highest BCUT2D eigenvalue weighted by atomic mass is 32.2. The standard InChI is InChI=1S/C12H18N2OS2/c1-12(2,3)14-8-13(11(16)17-9-14)7-10-5-4-6-15-10/h4-6H,7-9H2,1-3H3/p+1. The smallest absolute Gasteiger partial charge is 0.155 e. The Balaban J connectivity index is 2.03. The molecule has 1 fully saturated rings. The molecule has 1 unspecified atom stereocenters. The second-order valence-electron chi connectivity index (χ2n) is 5.34. The van der Waals surface area contributed by atoms with Gasteiger partial charge in [0.1, 0.15) is 16.0 Å². The molecular weight excluding hydrogens is 252 g/mol. The third-order valence-electron chi connectivity index (χ3n) is 3.00. The summed E-state index contributed by atoms with van der Waals surface area (Å²) >= 11 is 7.17. The number of hydrogen-bond donors (Lipinski definition) is 1. The van der Waals surface area contributed by atoms with Crippen LogP contribution < -0.4 is 4.90 Å². The fourth-order valence-electron chi connectivity index (χ4n) is 1.75. The molecular formula is C12H19N2OS2+. The summed E-state index contributed by atoms with van der Waals surface area (Å²) in [6, 6.07) is 3.92. The molecule has 94 valence electrons. The first-order valence-corrected chi connectivity index (χ1v) is 7.15. The molecule has 0 amide bonds. The molecule has 0 aromatic carbocycles. The molecule has 0 bridgehead atoms. The van der Waals surface area contributed by atoms with Gasteiger partial charge in [-0.05, 0) is 44.7 Å². The maximum atomic E-state index is 5.41. The van der Waals surface area contributed by atoms with Crippen LogP contribution in [-0.4, -0.2) is 27.3 Å². The summed E-state index contributed by atoms with van der Waals surface area (Å²) in [5.74, 6) is 2.03. The van der Waals surface area contributed by atoms with Gasteiger partial charge in [0.05, 0.1) is 18.3 Å². The van der Waals surface area contributed by atoms with E-state index >= 15 is 0 Å².